The van der Waals surface area contributed by atoms with Crippen molar-refractivity contribution in [1.82, 2.24) is 0 Å². The minimum absolute atomic E-state index is 0.0173. The highest BCUT2D eigenvalue weighted by molar-refractivity contribution is 5.89. The van der Waals surface area contributed by atoms with Crippen molar-refractivity contribution in [1.29, 1.82) is 0 Å². The summed E-state index contributed by atoms with van der Waals surface area (Å²) in [6.07, 6.45) is -4.14. The molecular weight excluding hydrogens is 452 g/mol. The number of hydrogen-bond acceptors (Lipinski definition) is 11. The number of esters is 1. The van der Waals surface area contributed by atoms with Gasteiger partial charge in [0.2, 0.25) is 0 Å². The van der Waals surface area contributed by atoms with E-state index in [9.17, 15) is 40.5 Å². The van der Waals surface area contributed by atoms with E-state index in [1.54, 1.807) is 6.07 Å². The van der Waals surface area contributed by atoms with Crippen LogP contribution in [0.1, 0.15) is 11.1 Å². The standard InChI is InChI=1S/C23H26O11/c24-11-18-20(29)21(30)22(31)23(34-18)32-8-7-13-2-5-17(16(27)10-13)33-19(28)6-3-12-1-4-14(25)15(26)9-12/h1-6,9-10,18,20-27,29-31H,7-8,11H2/b6-3+/t18-,20-,21+,22-,23-/m1/s1. The van der Waals surface area contributed by atoms with Crippen molar-refractivity contribution >= 4 is 12.0 Å². The maximum atomic E-state index is 12.0. The summed E-state index contributed by atoms with van der Waals surface area (Å²) in [7, 11) is 0. The monoisotopic (exact) mass is 478 g/mol. The normalized spacial score (nSPS) is 24.9. The molecule has 2 aromatic rings. The van der Waals surface area contributed by atoms with Crippen LogP contribution < -0.4 is 4.74 Å². The van der Waals surface area contributed by atoms with Gasteiger partial charge in [-0.25, -0.2) is 4.79 Å². The average Bonchev–Trinajstić information content (AvgIpc) is 2.81. The quantitative estimate of drug-likeness (QED) is 0.115. The second-order valence-corrected chi connectivity index (χ2v) is 7.62. The number of phenols is 3. The van der Waals surface area contributed by atoms with E-state index in [1.807, 2.05) is 0 Å². The Morgan fingerprint density at radius 1 is 0.941 bits per heavy atom. The third kappa shape index (κ3) is 6.23. The van der Waals surface area contributed by atoms with Crippen molar-refractivity contribution in [3.63, 3.8) is 0 Å². The third-order valence-electron chi connectivity index (χ3n) is 5.17. The molecule has 184 valence electrons. The summed E-state index contributed by atoms with van der Waals surface area (Å²) in [6.45, 7) is -0.547. The number of aliphatic hydroxyl groups excluding tert-OH is 4. The first-order valence-corrected chi connectivity index (χ1v) is 10.4. The number of hydrogen-bond donors (Lipinski definition) is 7. The topological polar surface area (TPSA) is 186 Å². The number of aromatic hydroxyl groups is 3. The summed E-state index contributed by atoms with van der Waals surface area (Å²) >= 11 is 0. The van der Waals surface area contributed by atoms with Gasteiger partial charge in [0.15, 0.2) is 29.3 Å². The fourth-order valence-electron chi connectivity index (χ4n) is 3.25. The highest BCUT2D eigenvalue weighted by atomic mass is 16.7. The van der Waals surface area contributed by atoms with Gasteiger partial charge in [0.05, 0.1) is 13.2 Å². The average molecular weight is 478 g/mol. The Hall–Kier alpha value is -3.19. The lowest BCUT2D eigenvalue weighted by Crippen LogP contribution is -2.59. The summed E-state index contributed by atoms with van der Waals surface area (Å²) in [5.74, 6) is -1.78. The molecule has 0 aromatic heterocycles. The van der Waals surface area contributed by atoms with E-state index in [-0.39, 0.29) is 36.0 Å². The summed E-state index contributed by atoms with van der Waals surface area (Å²) in [4.78, 5) is 12.0. The second kappa shape index (κ2) is 11.3. The van der Waals surface area contributed by atoms with Crippen LogP contribution in [0.3, 0.4) is 0 Å². The SMILES string of the molecule is O=C(/C=C/c1ccc(O)c(O)c1)Oc1ccc(CCO[C@@H]2O[C@H](CO)[C@@H](O)[C@H](O)[C@H]2O)cc1O. The molecule has 0 aliphatic carbocycles. The molecule has 11 nitrogen and oxygen atoms in total. The molecule has 1 heterocycles. The van der Waals surface area contributed by atoms with E-state index in [0.717, 1.165) is 6.08 Å². The third-order valence-corrected chi connectivity index (χ3v) is 5.17. The zero-order valence-electron chi connectivity index (χ0n) is 17.9. The molecule has 1 aliphatic rings. The van der Waals surface area contributed by atoms with Gasteiger partial charge in [-0.1, -0.05) is 12.1 Å². The molecule has 0 unspecified atom stereocenters. The maximum absolute atomic E-state index is 12.0. The number of benzene rings is 2. The van der Waals surface area contributed by atoms with Crippen LogP contribution in [0.2, 0.25) is 0 Å². The molecule has 0 amide bonds. The largest absolute Gasteiger partial charge is 0.504 e. The predicted molar refractivity (Wildman–Crippen MR) is 116 cm³/mol. The van der Waals surface area contributed by atoms with E-state index in [0.29, 0.717) is 11.1 Å². The molecule has 0 spiro atoms. The lowest BCUT2D eigenvalue weighted by Gasteiger charge is -2.39. The van der Waals surface area contributed by atoms with Crippen LogP contribution in [0.4, 0.5) is 0 Å². The molecule has 2 aromatic carbocycles. The zero-order chi connectivity index (χ0) is 24.8. The molecule has 1 fully saturated rings. The Morgan fingerprint density at radius 2 is 1.71 bits per heavy atom. The van der Waals surface area contributed by atoms with Crippen LogP contribution in [-0.2, 0) is 20.7 Å². The number of carbonyl (C=O) groups excluding carboxylic acids is 1. The van der Waals surface area contributed by atoms with Crippen molar-refractivity contribution in [2.45, 2.75) is 37.1 Å². The van der Waals surface area contributed by atoms with Gasteiger partial charge in [-0.15, -0.1) is 0 Å². The number of ether oxygens (including phenoxy) is 3. The minimum Gasteiger partial charge on any atom is -0.504 e. The molecule has 3 rings (SSSR count). The lowest BCUT2D eigenvalue weighted by molar-refractivity contribution is -0.300. The van der Waals surface area contributed by atoms with Gasteiger partial charge in [0.25, 0.3) is 0 Å². The Balaban J connectivity index is 1.52. The molecule has 34 heavy (non-hydrogen) atoms. The molecule has 0 radical (unpaired) electrons. The van der Waals surface area contributed by atoms with Gasteiger partial charge < -0.3 is 50.0 Å². The number of rotatable bonds is 8. The Bertz CT molecular complexity index is 1020. The smallest absolute Gasteiger partial charge is 0.336 e. The van der Waals surface area contributed by atoms with Crippen molar-refractivity contribution in [3.05, 3.63) is 53.6 Å². The molecule has 0 bridgehead atoms. The van der Waals surface area contributed by atoms with Crippen molar-refractivity contribution in [3.8, 4) is 23.0 Å². The second-order valence-electron chi connectivity index (χ2n) is 7.62. The number of aliphatic hydroxyl groups is 4. The van der Waals surface area contributed by atoms with E-state index in [4.69, 9.17) is 14.2 Å². The van der Waals surface area contributed by atoms with Gasteiger partial charge in [-0.05, 0) is 47.9 Å². The van der Waals surface area contributed by atoms with Crippen LogP contribution >= 0.6 is 0 Å². The summed E-state index contributed by atoms with van der Waals surface area (Å²) < 4.78 is 15.7. The Labute approximate surface area is 194 Å². The molecule has 11 heteroatoms. The van der Waals surface area contributed by atoms with Crippen LogP contribution in [0.5, 0.6) is 23.0 Å². The maximum Gasteiger partial charge on any atom is 0.336 e. The van der Waals surface area contributed by atoms with Crippen molar-refractivity contribution in [2.24, 2.45) is 0 Å². The lowest BCUT2D eigenvalue weighted by atomic mass is 9.99. The van der Waals surface area contributed by atoms with Gasteiger partial charge in [-0.2, -0.15) is 0 Å². The first-order valence-electron chi connectivity index (χ1n) is 10.4. The van der Waals surface area contributed by atoms with Crippen LogP contribution in [-0.4, -0.2) is 85.6 Å². The van der Waals surface area contributed by atoms with E-state index >= 15 is 0 Å². The fraction of sp³-hybridized carbons (Fsp3) is 0.348. The van der Waals surface area contributed by atoms with Gasteiger partial charge in [-0.3, -0.25) is 0 Å². The van der Waals surface area contributed by atoms with Crippen molar-refractivity contribution < 1.29 is 54.8 Å². The summed E-state index contributed by atoms with van der Waals surface area (Å²) in [5.41, 5.74) is 1.06. The molecule has 7 N–H and O–H groups in total. The Kier molecular flexibility index (Phi) is 8.45. The first-order chi connectivity index (χ1) is 16.2. The van der Waals surface area contributed by atoms with Crippen LogP contribution in [0, 0.1) is 0 Å². The predicted octanol–water partition coefficient (Wildman–Crippen LogP) is -0.219. The van der Waals surface area contributed by atoms with E-state index in [1.165, 1.54) is 36.4 Å². The first kappa shape index (κ1) is 25.4. The molecule has 1 aliphatic heterocycles. The summed E-state index contributed by atoms with van der Waals surface area (Å²) in [5, 5.41) is 67.6. The number of phenolic OH excluding ortho intramolecular Hbond substituents is 3. The van der Waals surface area contributed by atoms with Crippen LogP contribution in [0.25, 0.3) is 6.08 Å². The zero-order valence-corrected chi connectivity index (χ0v) is 17.9. The molecule has 0 saturated carbocycles. The van der Waals surface area contributed by atoms with Gasteiger partial charge in [0, 0.05) is 6.08 Å². The van der Waals surface area contributed by atoms with Gasteiger partial charge in [0.1, 0.15) is 24.4 Å². The molecule has 5 atom stereocenters. The van der Waals surface area contributed by atoms with Gasteiger partial charge >= 0.3 is 5.97 Å². The van der Waals surface area contributed by atoms with E-state index in [2.05, 4.69) is 0 Å². The molecule has 1 saturated heterocycles. The van der Waals surface area contributed by atoms with E-state index < -0.39 is 43.3 Å². The highest BCUT2D eigenvalue weighted by Gasteiger charge is 2.43. The van der Waals surface area contributed by atoms with Crippen molar-refractivity contribution in [2.75, 3.05) is 13.2 Å². The molecular formula is C23H26O11. The summed E-state index contributed by atoms with van der Waals surface area (Å²) in [6, 6.07) is 8.35. The van der Waals surface area contributed by atoms with Crippen LogP contribution in [0.15, 0.2) is 42.5 Å². The fourth-order valence-corrected chi connectivity index (χ4v) is 3.25. The highest BCUT2D eigenvalue weighted by Crippen LogP contribution is 2.28. The minimum atomic E-state index is -1.54. The Morgan fingerprint density at radius 3 is 2.38 bits per heavy atom. The number of carbonyl (C=O) groups is 1.